The van der Waals surface area contributed by atoms with Gasteiger partial charge < -0.3 is 5.32 Å². The number of hydrogen-bond donors (Lipinski definition) is 1. The summed E-state index contributed by atoms with van der Waals surface area (Å²) in [5, 5.41) is 12.5. The fourth-order valence-corrected chi connectivity index (χ4v) is 4.23. The molecular weight excluding hydrogens is 412 g/mol. The summed E-state index contributed by atoms with van der Waals surface area (Å²) in [6.07, 6.45) is 0. The van der Waals surface area contributed by atoms with Crippen LogP contribution < -0.4 is 10.9 Å². The van der Waals surface area contributed by atoms with Crippen LogP contribution in [0.1, 0.15) is 26.8 Å². The summed E-state index contributed by atoms with van der Waals surface area (Å²) in [5.74, 6) is 0.349. The highest BCUT2D eigenvalue weighted by molar-refractivity contribution is 7.17. The molecule has 9 heteroatoms. The Labute approximate surface area is 183 Å². The third kappa shape index (κ3) is 4.46. The Balaban J connectivity index is 1.45. The van der Waals surface area contributed by atoms with Gasteiger partial charge in [-0.15, -0.1) is 16.4 Å². The molecule has 158 valence electrons. The Morgan fingerprint density at radius 1 is 1.06 bits per heavy atom. The van der Waals surface area contributed by atoms with Gasteiger partial charge in [-0.1, -0.05) is 30.3 Å². The zero-order chi connectivity index (χ0) is 22.0. The van der Waals surface area contributed by atoms with Crippen LogP contribution in [-0.2, 0) is 6.54 Å². The summed E-state index contributed by atoms with van der Waals surface area (Å²) in [5.41, 5.74) is 3.23. The Bertz CT molecular complexity index is 1290. The third-order valence-electron chi connectivity index (χ3n) is 4.71. The van der Waals surface area contributed by atoms with E-state index in [-0.39, 0.29) is 24.6 Å². The maximum absolute atomic E-state index is 12.7. The largest absolute Gasteiger partial charge is 0.349 e. The van der Waals surface area contributed by atoms with E-state index in [1.165, 1.54) is 22.1 Å². The average Bonchev–Trinajstić information content (AvgIpc) is 3.31. The second-order valence-corrected chi connectivity index (χ2v) is 8.15. The molecule has 3 heterocycles. The number of carbonyl (C=O) groups is 1. The molecular formula is C22H22N6O2S. The van der Waals surface area contributed by atoms with Gasteiger partial charge in [0.2, 0.25) is 0 Å². The van der Waals surface area contributed by atoms with Gasteiger partial charge in [0.15, 0.2) is 5.82 Å². The summed E-state index contributed by atoms with van der Waals surface area (Å²) < 4.78 is 3.02. The number of benzene rings is 1. The van der Waals surface area contributed by atoms with Crippen molar-refractivity contribution in [2.75, 3.05) is 6.54 Å². The number of carbonyl (C=O) groups excluding carboxylic acids is 1. The van der Waals surface area contributed by atoms with Crippen molar-refractivity contribution in [1.82, 2.24) is 29.9 Å². The smallest absolute Gasteiger partial charge is 0.266 e. The summed E-state index contributed by atoms with van der Waals surface area (Å²) in [4.78, 5) is 29.9. The van der Waals surface area contributed by atoms with Crippen LogP contribution in [0.25, 0.3) is 16.4 Å². The van der Waals surface area contributed by atoms with E-state index in [0.29, 0.717) is 16.4 Å². The second-order valence-electron chi connectivity index (χ2n) is 7.15. The van der Waals surface area contributed by atoms with Gasteiger partial charge >= 0.3 is 0 Å². The van der Waals surface area contributed by atoms with Gasteiger partial charge in [-0.2, -0.15) is 5.10 Å². The first-order valence-electron chi connectivity index (χ1n) is 9.85. The molecule has 0 aliphatic carbocycles. The maximum atomic E-state index is 12.7. The standard InChI is InChI=1S/C22H22N6O2S/c1-14-13-15(2)28(25-14)18-9-10-19(29)27(26-18)12-11-23-21(30)20-16(3)24-22(31-20)17-7-5-4-6-8-17/h4-10,13H,11-12H2,1-3H3,(H,23,30). The highest BCUT2D eigenvalue weighted by Gasteiger charge is 2.16. The minimum absolute atomic E-state index is 0.208. The van der Waals surface area contributed by atoms with Crippen molar-refractivity contribution in [1.29, 1.82) is 0 Å². The summed E-state index contributed by atoms with van der Waals surface area (Å²) >= 11 is 1.35. The number of nitrogens with one attached hydrogen (secondary N) is 1. The molecule has 1 aromatic carbocycles. The number of thiazole rings is 1. The molecule has 8 nitrogen and oxygen atoms in total. The molecule has 0 atom stereocenters. The number of nitrogens with zero attached hydrogens (tertiary/aromatic N) is 5. The zero-order valence-corrected chi connectivity index (χ0v) is 18.3. The van der Waals surface area contributed by atoms with Crippen molar-refractivity contribution in [3.63, 3.8) is 0 Å². The van der Waals surface area contributed by atoms with Crippen LogP contribution in [0, 0.1) is 20.8 Å². The van der Waals surface area contributed by atoms with Crippen LogP contribution in [0.15, 0.2) is 53.3 Å². The quantitative estimate of drug-likeness (QED) is 0.504. The normalized spacial score (nSPS) is 10.9. The molecule has 0 radical (unpaired) electrons. The molecule has 3 aromatic heterocycles. The second kappa shape index (κ2) is 8.65. The van der Waals surface area contributed by atoms with Gasteiger partial charge in [0.05, 0.1) is 17.9 Å². The SMILES string of the molecule is Cc1cc(C)n(-c2ccc(=O)n(CCNC(=O)c3sc(-c4ccccc4)nc3C)n2)n1. The lowest BCUT2D eigenvalue weighted by Gasteiger charge is -2.09. The van der Waals surface area contributed by atoms with Gasteiger partial charge in [-0.25, -0.2) is 14.3 Å². The van der Waals surface area contributed by atoms with E-state index >= 15 is 0 Å². The van der Waals surface area contributed by atoms with E-state index in [1.54, 1.807) is 10.7 Å². The third-order valence-corrected chi connectivity index (χ3v) is 5.92. The molecule has 0 spiro atoms. The lowest BCUT2D eigenvalue weighted by molar-refractivity contribution is 0.0955. The molecule has 4 rings (SSSR count). The van der Waals surface area contributed by atoms with E-state index < -0.39 is 0 Å². The van der Waals surface area contributed by atoms with Crippen molar-refractivity contribution in [3.8, 4) is 16.4 Å². The van der Waals surface area contributed by atoms with Crippen molar-refractivity contribution < 1.29 is 4.79 Å². The lowest BCUT2D eigenvalue weighted by atomic mass is 10.2. The molecule has 1 N–H and O–H groups in total. The maximum Gasteiger partial charge on any atom is 0.266 e. The van der Waals surface area contributed by atoms with Crippen LogP contribution in [0.2, 0.25) is 0 Å². The Kier molecular flexibility index (Phi) is 5.77. The highest BCUT2D eigenvalue weighted by Crippen LogP contribution is 2.27. The van der Waals surface area contributed by atoms with Gasteiger partial charge in [-0.05, 0) is 32.9 Å². The molecule has 0 saturated heterocycles. The number of amides is 1. The van der Waals surface area contributed by atoms with Crippen LogP contribution in [0.3, 0.4) is 0 Å². The van der Waals surface area contributed by atoms with Gasteiger partial charge in [0, 0.05) is 23.9 Å². The molecule has 0 bridgehead atoms. The number of hydrogen-bond acceptors (Lipinski definition) is 6. The fraction of sp³-hybridized carbons (Fsp3) is 0.227. The Morgan fingerprint density at radius 3 is 2.55 bits per heavy atom. The molecule has 0 aliphatic heterocycles. The number of aryl methyl sites for hydroxylation is 3. The van der Waals surface area contributed by atoms with E-state index in [9.17, 15) is 9.59 Å². The van der Waals surface area contributed by atoms with E-state index in [1.807, 2.05) is 57.2 Å². The molecule has 0 fully saturated rings. The first-order chi connectivity index (χ1) is 14.9. The minimum atomic E-state index is -0.236. The van der Waals surface area contributed by atoms with Crippen LogP contribution >= 0.6 is 11.3 Å². The lowest BCUT2D eigenvalue weighted by Crippen LogP contribution is -2.32. The number of rotatable bonds is 6. The molecule has 31 heavy (non-hydrogen) atoms. The van der Waals surface area contributed by atoms with E-state index in [0.717, 1.165) is 22.0 Å². The highest BCUT2D eigenvalue weighted by atomic mass is 32.1. The fourth-order valence-electron chi connectivity index (χ4n) is 3.24. The molecule has 0 aliphatic rings. The van der Waals surface area contributed by atoms with E-state index in [4.69, 9.17) is 0 Å². The van der Waals surface area contributed by atoms with Crippen molar-refractivity contribution in [3.05, 3.63) is 80.8 Å². The van der Waals surface area contributed by atoms with E-state index in [2.05, 4.69) is 20.5 Å². The average molecular weight is 435 g/mol. The first kappa shape index (κ1) is 20.7. The summed E-state index contributed by atoms with van der Waals surface area (Å²) in [6.45, 7) is 6.17. The topological polar surface area (TPSA) is 94.7 Å². The van der Waals surface area contributed by atoms with Gasteiger partial charge in [-0.3, -0.25) is 9.59 Å². The molecule has 0 saturated carbocycles. The molecule has 4 aromatic rings. The number of aromatic nitrogens is 5. The Hall–Kier alpha value is -3.59. The van der Waals surface area contributed by atoms with Crippen LogP contribution in [0.5, 0.6) is 0 Å². The first-order valence-corrected chi connectivity index (χ1v) is 10.7. The Morgan fingerprint density at radius 2 is 1.84 bits per heavy atom. The van der Waals surface area contributed by atoms with Gasteiger partial charge in [0.25, 0.3) is 11.5 Å². The summed E-state index contributed by atoms with van der Waals surface area (Å²) in [7, 11) is 0. The van der Waals surface area contributed by atoms with Crippen molar-refractivity contribution in [2.45, 2.75) is 27.3 Å². The summed E-state index contributed by atoms with van der Waals surface area (Å²) in [6, 6.07) is 14.8. The zero-order valence-electron chi connectivity index (χ0n) is 17.5. The van der Waals surface area contributed by atoms with Crippen LogP contribution in [-0.4, -0.2) is 37.0 Å². The minimum Gasteiger partial charge on any atom is -0.349 e. The predicted octanol–water partition coefficient (Wildman–Crippen LogP) is 2.91. The van der Waals surface area contributed by atoms with Crippen LogP contribution in [0.4, 0.5) is 0 Å². The van der Waals surface area contributed by atoms with Crippen molar-refractivity contribution in [2.24, 2.45) is 0 Å². The molecule has 0 unspecified atom stereocenters. The van der Waals surface area contributed by atoms with Gasteiger partial charge in [0.1, 0.15) is 9.88 Å². The molecule has 1 amide bonds. The predicted molar refractivity (Wildman–Crippen MR) is 120 cm³/mol. The van der Waals surface area contributed by atoms with Crippen molar-refractivity contribution >= 4 is 17.2 Å². The monoisotopic (exact) mass is 434 g/mol.